The number of hydrogen-bond donors (Lipinski definition) is 9. The highest BCUT2D eigenvalue weighted by molar-refractivity contribution is 5.73. The summed E-state index contributed by atoms with van der Waals surface area (Å²) in [6.45, 7) is -0.207. The lowest BCUT2D eigenvalue weighted by Gasteiger charge is -2.22. The van der Waals surface area contributed by atoms with Gasteiger partial charge in [-0.3, -0.25) is 4.79 Å². The van der Waals surface area contributed by atoms with Crippen molar-refractivity contribution in [2.75, 3.05) is 13.2 Å². The number of nitrogens with two attached hydrogens (primary N) is 1. The maximum Gasteiger partial charge on any atom is 0.323 e. The zero-order valence-corrected chi connectivity index (χ0v) is 12.5. The Bertz CT molecular complexity index is 319. The number of hydroxylamine groups is 1. The monoisotopic (exact) mass is 342 g/mol. The zero-order valence-electron chi connectivity index (χ0n) is 12.5. The fourth-order valence-electron chi connectivity index (χ4n) is 1.35. The Balaban J connectivity index is 0. The lowest BCUT2D eigenvalue weighted by molar-refractivity contribution is -0.142. The van der Waals surface area contributed by atoms with Gasteiger partial charge in [0.2, 0.25) is 0 Å². The first-order chi connectivity index (χ1) is 10.8. The van der Waals surface area contributed by atoms with Crippen molar-refractivity contribution in [3.8, 4) is 0 Å². The molecule has 23 heavy (non-hydrogen) atoms. The summed E-state index contributed by atoms with van der Waals surface area (Å²) in [7, 11) is 0. The van der Waals surface area contributed by atoms with Crippen molar-refractivity contribution in [2.45, 2.75) is 49.7 Å². The first-order valence-electron chi connectivity index (χ1n) is 6.87. The van der Waals surface area contributed by atoms with E-state index in [1.807, 2.05) is 0 Å². The van der Waals surface area contributed by atoms with Crippen LogP contribution >= 0.6 is 0 Å². The number of aldehydes is 1. The first-order valence-corrected chi connectivity index (χ1v) is 6.87. The van der Waals surface area contributed by atoms with Crippen LogP contribution in [0.25, 0.3) is 0 Å². The second-order valence-corrected chi connectivity index (χ2v) is 4.66. The van der Waals surface area contributed by atoms with Gasteiger partial charge in [-0.25, -0.2) is 0 Å². The van der Waals surface area contributed by atoms with Gasteiger partial charge in [0, 0.05) is 0 Å². The Hall–Kier alpha value is -1.18. The maximum absolute atomic E-state index is 10.3. The molecular weight excluding hydrogens is 316 g/mol. The average molecular weight is 342 g/mol. The van der Waals surface area contributed by atoms with Crippen molar-refractivity contribution in [3.63, 3.8) is 0 Å². The summed E-state index contributed by atoms with van der Waals surface area (Å²) >= 11 is 0. The van der Waals surface area contributed by atoms with E-state index in [4.69, 9.17) is 41.6 Å². The number of aliphatic carboxylic acids is 1. The fraction of sp³-hybridized carbons (Fsp3) is 0.833. The largest absolute Gasteiger partial charge is 0.480 e. The number of nitrogens with one attached hydrogen (secondary N) is 1. The Morgan fingerprint density at radius 2 is 1.70 bits per heavy atom. The second-order valence-electron chi connectivity index (χ2n) is 4.66. The second kappa shape index (κ2) is 14.4. The van der Waals surface area contributed by atoms with Crippen LogP contribution in [0.3, 0.4) is 0 Å². The van der Waals surface area contributed by atoms with Crippen LogP contribution in [0.2, 0.25) is 0 Å². The van der Waals surface area contributed by atoms with Gasteiger partial charge in [-0.1, -0.05) is 0 Å². The number of carboxylic acid groups (broad SMARTS) is 1. The Morgan fingerprint density at radius 3 is 2.04 bits per heavy atom. The summed E-state index contributed by atoms with van der Waals surface area (Å²) in [5.74, 6) is -1.04. The number of carbonyl (C=O) groups excluding carboxylic acids is 1. The van der Waals surface area contributed by atoms with Crippen molar-refractivity contribution in [1.82, 2.24) is 5.48 Å². The summed E-state index contributed by atoms with van der Waals surface area (Å²) in [6, 6.07) is -0.860. The first kappa shape index (κ1) is 24.1. The van der Waals surface area contributed by atoms with Crippen LogP contribution in [-0.4, -0.2) is 91.7 Å². The van der Waals surface area contributed by atoms with Gasteiger partial charge in [0.05, 0.1) is 6.61 Å². The molecule has 0 heterocycles. The quantitative estimate of drug-likeness (QED) is 0.101. The predicted molar refractivity (Wildman–Crippen MR) is 76.4 cm³/mol. The Morgan fingerprint density at radius 1 is 1.13 bits per heavy atom. The lowest BCUT2D eigenvalue weighted by Crippen LogP contribution is -2.46. The number of carboxylic acids is 1. The van der Waals surface area contributed by atoms with Crippen molar-refractivity contribution in [1.29, 1.82) is 0 Å². The number of hydrogen-bond acceptors (Lipinski definition) is 10. The minimum atomic E-state index is -1.79. The third-order valence-corrected chi connectivity index (χ3v) is 2.82. The molecule has 11 nitrogen and oxygen atoms in total. The predicted octanol–water partition coefficient (Wildman–Crippen LogP) is -3.83. The van der Waals surface area contributed by atoms with E-state index >= 15 is 0 Å². The standard InChI is InChI=1S/C6H14N2O3.C6H12O6/c7-4-2-1-3-5(8-11)6(9)10;7-1-3(9)5(11)6(12)4(10)2-8/h5,8,11H,1-4,7H2,(H,9,10);1,3-6,8-12H,2H2. The molecule has 0 aliphatic heterocycles. The van der Waals surface area contributed by atoms with E-state index in [0.717, 1.165) is 6.42 Å². The number of unbranched alkanes of at least 4 members (excludes halogenated alkanes) is 1. The molecule has 0 aromatic carbocycles. The fourth-order valence-corrected chi connectivity index (χ4v) is 1.35. The summed E-state index contributed by atoms with van der Waals surface area (Å²) < 4.78 is 0. The van der Waals surface area contributed by atoms with Gasteiger partial charge in [0.25, 0.3) is 0 Å². The molecule has 0 fully saturated rings. The third-order valence-electron chi connectivity index (χ3n) is 2.82. The highest BCUT2D eigenvalue weighted by atomic mass is 16.5. The zero-order chi connectivity index (χ0) is 18.4. The van der Waals surface area contributed by atoms with E-state index in [1.165, 1.54) is 0 Å². The van der Waals surface area contributed by atoms with Crippen molar-refractivity contribution in [2.24, 2.45) is 5.73 Å². The summed E-state index contributed by atoms with van der Waals surface area (Å²) in [4.78, 5) is 20.2. The molecule has 5 atom stereocenters. The Labute approximate surface area is 132 Å². The van der Waals surface area contributed by atoms with Crippen LogP contribution < -0.4 is 11.2 Å². The van der Waals surface area contributed by atoms with Gasteiger partial charge in [0.1, 0.15) is 30.5 Å². The number of aliphatic hydroxyl groups is 5. The smallest absolute Gasteiger partial charge is 0.323 e. The molecule has 0 rings (SSSR count). The third kappa shape index (κ3) is 11.1. The van der Waals surface area contributed by atoms with E-state index < -0.39 is 43.0 Å². The molecule has 0 bridgehead atoms. The molecule has 0 saturated heterocycles. The van der Waals surface area contributed by atoms with Crippen LogP contribution in [0.1, 0.15) is 19.3 Å². The molecule has 0 aromatic heterocycles. The van der Waals surface area contributed by atoms with Gasteiger partial charge in [-0.15, -0.1) is 0 Å². The highest BCUT2D eigenvalue weighted by Crippen LogP contribution is 2.03. The van der Waals surface area contributed by atoms with Crippen LogP contribution in [-0.2, 0) is 9.59 Å². The summed E-state index contributed by atoms with van der Waals surface area (Å²) in [5.41, 5.74) is 6.92. The van der Waals surface area contributed by atoms with Gasteiger partial charge in [-0.2, -0.15) is 5.48 Å². The summed E-state index contributed by atoms with van der Waals surface area (Å²) in [6.07, 6.45) is -4.94. The van der Waals surface area contributed by atoms with Crippen molar-refractivity contribution < 1.29 is 45.4 Å². The normalized spacial score (nSPS) is 17.2. The van der Waals surface area contributed by atoms with E-state index in [9.17, 15) is 9.59 Å². The molecule has 11 heteroatoms. The van der Waals surface area contributed by atoms with Gasteiger partial charge in [0.15, 0.2) is 6.29 Å². The summed E-state index contributed by atoms with van der Waals surface area (Å²) in [5, 5.41) is 60.3. The van der Waals surface area contributed by atoms with E-state index in [2.05, 4.69) is 0 Å². The number of carbonyl (C=O) groups is 2. The number of aliphatic hydroxyl groups excluding tert-OH is 5. The highest BCUT2D eigenvalue weighted by Gasteiger charge is 2.29. The minimum Gasteiger partial charge on any atom is -0.480 e. The molecule has 0 radical (unpaired) electrons. The van der Waals surface area contributed by atoms with Crippen molar-refractivity contribution >= 4 is 12.3 Å². The molecule has 5 unspecified atom stereocenters. The Kier molecular flexibility index (Phi) is 15.1. The molecule has 0 aliphatic carbocycles. The van der Waals surface area contributed by atoms with E-state index in [1.54, 1.807) is 5.48 Å². The SMILES string of the molecule is NCCCCC(NO)C(=O)O.O=CC(O)C(O)C(O)C(O)CO. The molecule has 0 aliphatic rings. The van der Waals surface area contributed by atoms with Gasteiger partial charge >= 0.3 is 5.97 Å². The average Bonchev–Trinajstić information content (AvgIpc) is 2.56. The molecule has 0 spiro atoms. The van der Waals surface area contributed by atoms with Gasteiger partial charge in [-0.05, 0) is 25.8 Å². The molecular formula is C12H26N2O9. The molecule has 0 saturated carbocycles. The van der Waals surface area contributed by atoms with E-state index in [0.29, 0.717) is 19.4 Å². The molecule has 0 aromatic rings. The molecule has 10 N–H and O–H groups in total. The van der Waals surface area contributed by atoms with Gasteiger partial charge < -0.3 is 46.4 Å². The number of rotatable bonds is 11. The van der Waals surface area contributed by atoms with Crippen molar-refractivity contribution in [3.05, 3.63) is 0 Å². The molecule has 0 amide bonds. The van der Waals surface area contributed by atoms with Crippen LogP contribution in [0.15, 0.2) is 0 Å². The maximum atomic E-state index is 10.3. The lowest BCUT2D eigenvalue weighted by atomic mass is 10.0. The van der Waals surface area contributed by atoms with Crippen LogP contribution in [0.5, 0.6) is 0 Å². The van der Waals surface area contributed by atoms with E-state index in [-0.39, 0.29) is 6.29 Å². The topological polar surface area (TPSA) is 214 Å². The minimum absolute atomic E-state index is 0.0258. The molecule has 138 valence electrons. The van der Waals surface area contributed by atoms with Crippen LogP contribution in [0, 0.1) is 0 Å². The van der Waals surface area contributed by atoms with Crippen LogP contribution in [0.4, 0.5) is 0 Å².